The van der Waals surface area contributed by atoms with Crippen LogP contribution in [0.4, 0.5) is 0 Å². The van der Waals surface area contributed by atoms with Crippen LogP contribution in [0.1, 0.15) is 35.6 Å². The largest absolute Gasteiger partial charge is 0.448 e. The molecule has 3 rings (SSSR count). The average molecular weight is 343 g/mol. The van der Waals surface area contributed by atoms with Gasteiger partial charge in [-0.2, -0.15) is 4.31 Å². The summed E-state index contributed by atoms with van der Waals surface area (Å²) in [5, 5.41) is 10.6. The Morgan fingerprint density at radius 1 is 1.43 bits per heavy atom. The van der Waals surface area contributed by atoms with Crippen LogP contribution < -0.4 is 0 Å². The molecular weight excluding hydrogens is 322 g/mol. The van der Waals surface area contributed by atoms with E-state index in [9.17, 15) is 18.3 Å². The lowest BCUT2D eigenvalue weighted by Gasteiger charge is -2.47. The number of hydrogen-bond acceptors (Lipinski definition) is 6. The van der Waals surface area contributed by atoms with E-state index < -0.39 is 21.7 Å². The lowest BCUT2D eigenvalue weighted by atomic mass is 9.83. The summed E-state index contributed by atoms with van der Waals surface area (Å²) in [6.45, 7) is 2.55. The third-order valence-electron chi connectivity index (χ3n) is 4.82. The highest BCUT2D eigenvalue weighted by molar-refractivity contribution is 7.88. The number of rotatable bonds is 2. The molecule has 0 unspecified atom stereocenters. The fourth-order valence-electron chi connectivity index (χ4n) is 3.73. The first-order valence-corrected chi connectivity index (χ1v) is 9.46. The molecule has 2 aliphatic rings. The van der Waals surface area contributed by atoms with Crippen molar-refractivity contribution in [3.05, 3.63) is 17.8 Å². The molecule has 1 aromatic rings. The van der Waals surface area contributed by atoms with Gasteiger partial charge in [-0.25, -0.2) is 13.4 Å². The number of aromatic nitrogens is 1. The van der Waals surface area contributed by atoms with Gasteiger partial charge in [0.25, 0.3) is 5.91 Å². The van der Waals surface area contributed by atoms with Gasteiger partial charge >= 0.3 is 0 Å². The zero-order valence-corrected chi connectivity index (χ0v) is 14.0. The molecular formula is C14H21N3O5S. The van der Waals surface area contributed by atoms with E-state index >= 15 is 0 Å². The molecule has 2 atom stereocenters. The number of sulfonamides is 1. The van der Waals surface area contributed by atoms with Gasteiger partial charge in [0.05, 0.1) is 17.9 Å². The van der Waals surface area contributed by atoms with E-state index in [1.807, 2.05) is 0 Å². The van der Waals surface area contributed by atoms with E-state index in [0.717, 1.165) is 6.42 Å². The number of likely N-dealkylation sites (tertiary alicyclic amines) is 1. The van der Waals surface area contributed by atoms with Gasteiger partial charge in [-0.15, -0.1) is 0 Å². The monoisotopic (exact) mass is 343 g/mol. The van der Waals surface area contributed by atoms with Crippen LogP contribution in [-0.4, -0.2) is 71.2 Å². The first-order valence-electron chi connectivity index (χ1n) is 7.61. The number of β-amino-alcohol motifs (C(OH)–C–C–N with tert-alkyl or cyclic N) is 1. The van der Waals surface area contributed by atoms with Crippen molar-refractivity contribution in [3.63, 3.8) is 0 Å². The molecule has 0 saturated carbocycles. The first kappa shape index (κ1) is 16.4. The second-order valence-electron chi connectivity index (χ2n) is 6.31. The second-order valence-corrected chi connectivity index (χ2v) is 8.22. The molecule has 0 aromatic carbocycles. The van der Waals surface area contributed by atoms with Crippen LogP contribution in [-0.2, 0) is 10.0 Å². The number of oxazole rings is 1. The van der Waals surface area contributed by atoms with Crippen molar-refractivity contribution < 1.29 is 22.7 Å². The average Bonchev–Trinajstić information content (AvgIpc) is 3.08. The van der Waals surface area contributed by atoms with Crippen LogP contribution in [0.3, 0.4) is 0 Å². The molecule has 3 heterocycles. The minimum Gasteiger partial charge on any atom is -0.448 e. The molecule has 0 aliphatic carbocycles. The highest BCUT2D eigenvalue weighted by atomic mass is 32.2. The summed E-state index contributed by atoms with van der Waals surface area (Å²) < 4.78 is 30.5. The summed E-state index contributed by atoms with van der Waals surface area (Å²) in [7, 11) is -3.39. The lowest BCUT2D eigenvalue weighted by Crippen LogP contribution is -2.63. The van der Waals surface area contributed by atoms with E-state index in [1.54, 1.807) is 6.92 Å². The zero-order valence-electron chi connectivity index (χ0n) is 13.2. The summed E-state index contributed by atoms with van der Waals surface area (Å²) in [6.07, 6.45) is 3.32. The van der Waals surface area contributed by atoms with E-state index in [-0.39, 0.29) is 18.1 Å². The predicted octanol–water partition coefficient (Wildman–Crippen LogP) is -0.0160. The highest BCUT2D eigenvalue weighted by Crippen LogP contribution is 2.40. The molecule has 2 saturated heterocycles. The molecule has 9 heteroatoms. The van der Waals surface area contributed by atoms with Crippen molar-refractivity contribution in [3.8, 4) is 0 Å². The van der Waals surface area contributed by atoms with Gasteiger partial charge in [-0.1, -0.05) is 0 Å². The molecule has 1 N–H and O–H groups in total. The molecule has 128 valence electrons. The maximum Gasteiger partial charge on any atom is 0.275 e. The van der Waals surface area contributed by atoms with Crippen molar-refractivity contribution in [2.45, 2.75) is 37.8 Å². The summed E-state index contributed by atoms with van der Waals surface area (Å²) >= 11 is 0. The first-order chi connectivity index (χ1) is 10.7. The van der Waals surface area contributed by atoms with Crippen LogP contribution in [0.5, 0.6) is 0 Å². The van der Waals surface area contributed by atoms with Crippen LogP contribution in [0.2, 0.25) is 0 Å². The number of hydrogen-bond donors (Lipinski definition) is 1. The summed E-state index contributed by atoms with van der Waals surface area (Å²) in [5.41, 5.74) is -0.582. The SMILES string of the molecule is Cc1nc(C(=O)N2CC[C@@]3(CCCN3S(C)(=O)=O)[C@@H](O)C2)co1. The molecule has 8 nitrogen and oxygen atoms in total. The molecule has 23 heavy (non-hydrogen) atoms. The van der Waals surface area contributed by atoms with Crippen LogP contribution in [0.15, 0.2) is 10.7 Å². The van der Waals surface area contributed by atoms with Crippen molar-refractivity contribution >= 4 is 15.9 Å². The molecule has 0 radical (unpaired) electrons. The van der Waals surface area contributed by atoms with E-state index in [0.29, 0.717) is 31.8 Å². The number of aliphatic hydroxyl groups is 1. The highest BCUT2D eigenvalue weighted by Gasteiger charge is 2.53. The van der Waals surface area contributed by atoms with Crippen LogP contribution in [0, 0.1) is 6.92 Å². The van der Waals surface area contributed by atoms with Gasteiger partial charge in [0.2, 0.25) is 10.0 Å². The van der Waals surface area contributed by atoms with E-state index in [1.165, 1.54) is 21.7 Å². The Bertz CT molecular complexity index is 716. The number of piperidine rings is 1. The molecule has 1 amide bonds. The third kappa shape index (κ3) is 2.77. The normalized spacial score (nSPS) is 29.3. The van der Waals surface area contributed by atoms with Crippen molar-refractivity contribution in [2.75, 3.05) is 25.9 Å². The minimum atomic E-state index is -3.39. The minimum absolute atomic E-state index is 0.0940. The summed E-state index contributed by atoms with van der Waals surface area (Å²) in [4.78, 5) is 17.9. The molecule has 1 aromatic heterocycles. The third-order valence-corrected chi connectivity index (χ3v) is 6.17. The van der Waals surface area contributed by atoms with E-state index in [2.05, 4.69) is 4.98 Å². The Morgan fingerprint density at radius 3 is 2.74 bits per heavy atom. The summed E-state index contributed by atoms with van der Waals surface area (Å²) in [5.74, 6) is 0.0982. The Kier molecular flexibility index (Phi) is 3.97. The van der Waals surface area contributed by atoms with Crippen molar-refractivity contribution in [1.29, 1.82) is 0 Å². The Morgan fingerprint density at radius 2 is 2.17 bits per heavy atom. The molecule has 1 spiro atoms. The molecule has 2 aliphatic heterocycles. The second kappa shape index (κ2) is 5.57. The standard InChI is InChI=1S/C14H21N3O5S/c1-10-15-11(9-22-10)13(19)16-7-5-14(12(18)8-16)4-3-6-17(14)23(2,20)21/h9,12,18H,3-8H2,1-2H3/t12-,14-/m0/s1. The van der Waals surface area contributed by atoms with Gasteiger partial charge in [0.1, 0.15) is 6.26 Å². The van der Waals surface area contributed by atoms with Crippen molar-refractivity contribution in [1.82, 2.24) is 14.2 Å². The number of amides is 1. The number of carbonyl (C=O) groups is 1. The van der Waals surface area contributed by atoms with Gasteiger partial charge < -0.3 is 14.4 Å². The van der Waals surface area contributed by atoms with Gasteiger partial charge in [0.15, 0.2) is 11.6 Å². The quantitative estimate of drug-likeness (QED) is 0.809. The van der Waals surface area contributed by atoms with Crippen molar-refractivity contribution in [2.24, 2.45) is 0 Å². The smallest absolute Gasteiger partial charge is 0.275 e. The number of nitrogens with zero attached hydrogens (tertiary/aromatic N) is 3. The van der Waals surface area contributed by atoms with Gasteiger partial charge in [-0.3, -0.25) is 4.79 Å². The fraction of sp³-hybridized carbons (Fsp3) is 0.714. The number of carbonyl (C=O) groups excluding carboxylic acids is 1. The number of aliphatic hydroxyl groups excluding tert-OH is 1. The zero-order chi connectivity index (χ0) is 16.8. The van der Waals surface area contributed by atoms with Gasteiger partial charge in [-0.05, 0) is 19.3 Å². The molecule has 0 bridgehead atoms. The Balaban J connectivity index is 1.78. The predicted molar refractivity (Wildman–Crippen MR) is 81.3 cm³/mol. The Hall–Kier alpha value is -1.45. The van der Waals surface area contributed by atoms with Crippen LogP contribution >= 0.6 is 0 Å². The maximum absolute atomic E-state index is 12.4. The topological polar surface area (TPSA) is 104 Å². The van der Waals surface area contributed by atoms with E-state index in [4.69, 9.17) is 4.42 Å². The molecule has 2 fully saturated rings. The fourth-order valence-corrected chi connectivity index (χ4v) is 5.15. The summed E-state index contributed by atoms with van der Waals surface area (Å²) in [6, 6.07) is 0. The maximum atomic E-state index is 12.4. The number of aryl methyl sites for hydroxylation is 1. The van der Waals surface area contributed by atoms with Gasteiger partial charge in [0, 0.05) is 26.6 Å². The lowest BCUT2D eigenvalue weighted by molar-refractivity contribution is -0.0293. The van der Waals surface area contributed by atoms with Crippen LogP contribution in [0.25, 0.3) is 0 Å². The Labute approximate surface area is 135 Å².